The van der Waals surface area contributed by atoms with Crippen LogP contribution < -0.4 is 0 Å². The molecule has 6 rings (SSSR count). The predicted octanol–water partition coefficient (Wildman–Crippen LogP) is 10.2. The number of fused-ring (bicyclic) bond motifs is 3. The van der Waals surface area contributed by atoms with Crippen LogP contribution in [0.1, 0.15) is 57.3 Å². The Hall–Kier alpha value is -3.85. The molecule has 0 unspecified atom stereocenters. The number of aryl methyl sites for hydroxylation is 2. The van der Waals surface area contributed by atoms with E-state index in [1.54, 1.807) is 0 Å². The van der Waals surface area contributed by atoms with Crippen LogP contribution in [0, 0.1) is 19.8 Å². The highest BCUT2D eigenvalue weighted by Crippen LogP contribution is 2.39. The molecule has 192 valence electrons. The Morgan fingerprint density at radius 2 is 1.58 bits per heavy atom. The van der Waals surface area contributed by atoms with Gasteiger partial charge in [-0.1, -0.05) is 65.0 Å². The Labute approximate surface area is 224 Å². The molecule has 0 spiro atoms. The van der Waals surface area contributed by atoms with E-state index in [1.807, 2.05) is 6.92 Å². The molecule has 38 heavy (non-hydrogen) atoms. The summed E-state index contributed by atoms with van der Waals surface area (Å²) in [7, 11) is 0. The van der Waals surface area contributed by atoms with E-state index >= 15 is 0 Å². The van der Waals surface area contributed by atoms with Crippen molar-refractivity contribution >= 4 is 32.8 Å². The lowest BCUT2D eigenvalue weighted by molar-refractivity contribution is 0.500. The van der Waals surface area contributed by atoms with Crippen LogP contribution in [0.25, 0.3) is 55.2 Å². The number of nitrogens with zero attached hydrogens (tertiary/aromatic N) is 1. The van der Waals surface area contributed by atoms with E-state index in [-0.39, 0.29) is 5.41 Å². The first-order chi connectivity index (χ1) is 18.1. The molecular weight excluding hydrogens is 466 g/mol. The predicted molar refractivity (Wildman–Crippen MR) is 159 cm³/mol. The van der Waals surface area contributed by atoms with Crippen LogP contribution in [-0.2, 0) is 11.8 Å². The van der Waals surface area contributed by atoms with E-state index in [9.17, 15) is 0 Å². The Balaban J connectivity index is 1.59. The summed E-state index contributed by atoms with van der Waals surface area (Å²) in [6, 6.07) is 24.0. The lowest BCUT2D eigenvalue weighted by atomic mass is 9.82. The highest BCUT2D eigenvalue weighted by atomic mass is 16.3. The van der Waals surface area contributed by atoms with Crippen molar-refractivity contribution in [1.82, 2.24) is 4.98 Å². The number of pyridine rings is 1. The summed E-state index contributed by atoms with van der Waals surface area (Å²) in [6.45, 7) is 15.4. The van der Waals surface area contributed by atoms with Gasteiger partial charge in [0.15, 0.2) is 5.58 Å². The molecular formula is C35H35NO2. The van der Waals surface area contributed by atoms with Crippen molar-refractivity contribution in [3.05, 3.63) is 89.4 Å². The van der Waals surface area contributed by atoms with Crippen LogP contribution in [-0.4, -0.2) is 4.98 Å². The molecule has 0 fully saturated rings. The normalized spacial score (nSPS) is 12.4. The van der Waals surface area contributed by atoms with Crippen molar-refractivity contribution in [2.75, 3.05) is 0 Å². The lowest BCUT2D eigenvalue weighted by Crippen LogP contribution is -2.12. The van der Waals surface area contributed by atoms with Gasteiger partial charge in [-0.15, -0.1) is 0 Å². The second-order valence-corrected chi connectivity index (χ2v) is 12.1. The molecule has 0 saturated heterocycles. The zero-order chi connectivity index (χ0) is 26.8. The molecule has 6 aromatic rings. The van der Waals surface area contributed by atoms with Crippen molar-refractivity contribution in [2.45, 2.75) is 60.3 Å². The Morgan fingerprint density at radius 3 is 2.34 bits per heavy atom. The van der Waals surface area contributed by atoms with E-state index in [2.05, 4.69) is 108 Å². The molecule has 0 saturated carbocycles. The minimum Gasteiger partial charge on any atom is -0.461 e. The van der Waals surface area contributed by atoms with Gasteiger partial charge in [0.25, 0.3) is 0 Å². The summed E-state index contributed by atoms with van der Waals surface area (Å²) in [4.78, 5) is 5.17. The molecule has 0 N–H and O–H groups in total. The van der Waals surface area contributed by atoms with Crippen molar-refractivity contribution in [2.24, 2.45) is 5.92 Å². The van der Waals surface area contributed by atoms with Gasteiger partial charge in [-0.05, 0) is 83.5 Å². The summed E-state index contributed by atoms with van der Waals surface area (Å²) < 4.78 is 12.4. The van der Waals surface area contributed by atoms with Gasteiger partial charge in [0, 0.05) is 28.5 Å². The highest BCUT2D eigenvalue weighted by molar-refractivity contribution is 5.98. The van der Waals surface area contributed by atoms with Gasteiger partial charge in [0.1, 0.15) is 22.6 Å². The summed E-state index contributed by atoms with van der Waals surface area (Å²) in [5.41, 5.74) is 9.35. The van der Waals surface area contributed by atoms with Crippen LogP contribution in [0.15, 0.2) is 75.6 Å². The quantitative estimate of drug-likeness (QED) is 0.241. The van der Waals surface area contributed by atoms with E-state index < -0.39 is 0 Å². The Bertz CT molecular complexity index is 1820. The first kappa shape index (κ1) is 24.5. The van der Waals surface area contributed by atoms with Gasteiger partial charge in [-0.25, -0.2) is 4.98 Å². The summed E-state index contributed by atoms with van der Waals surface area (Å²) in [5, 5.41) is 3.64. The van der Waals surface area contributed by atoms with Gasteiger partial charge >= 0.3 is 0 Å². The fraction of sp³-hybridized carbons (Fsp3) is 0.286. The average molecular weight is 502 g/mol. The van der Waals surface area contributed by atoms with Crippen molar-refractivity contribution in [3.63, 3.8) is 0 Å². The minimum atomic E-state index is 0.00467. The maximum absolute atomic E-state index is 6.31. The molecule has 0 radical (unpaired) electrons. The number of aromatic nitrogens is 1. The van der Waals surface area contributed by atoms with E-state index in [0.29, 0.717) is 5.92 Å². The topological polar surface area (TPSA) is 39.2 Å². The van der Waals surface area contributed by atoms with Gasteiger partial charge < -0.3 is 8.83 Å². The zero-order valence-electron chi connectivity index (χ0n) is 23.4. The molecule has 3 aromatic carbocycles. The minimum absolute atomic E-state index is 0.00467. The molecule has 0 atom stereocenters. The SMILES string of the molecule is Cc1oc2c(-c3ccc4oc(CC(C)C)cc4c3)cc(-c3cc(C(C)(C)C)c4ccccc4c3)nc2c1C. The summed E-state index contributed by atoms with van der Waals surface area (Å²) in [5.74, 6) is 2.48. The molecule has 0 aliphatic carbocycles. The third kappa shape index (κ3) is 4.20. The maximum atomic E-state index is 6.31. The van der Waals surface area contributed by atoms with Gasteiger partial charge in [-0.2, -0.15) is 0 Å². The summed E-state index contributed by atoms with van der Waals surface area (Å²) in [6.07, 6.45) is 0.933. The second kappa shape index (κ2) is 8.87. The Kier molecular flexibility index (Phi) is 5.72. The van der Waals surface area contributed by atoms with Gasteiger partial charge in [-0.3, -0.25) is 0 Å². The number of hydrogen-bond acceptors (Lipinski definition) is 3. The largest absolute Gasteiger partial charge is 0.461 e. The van der Waals surface area contributed by atoms with E-state index in [0.717, 1.165) is 68.0 Å². The smallest absolute Gasteiger partial charge is 0.160 e. The van der Waals surface area contributed by atoms with Crippen LogP contribution in [0.4, 0.5) is 0 Å². The first-order valence-electron chi connectivity index (χ1n) is 13.6. The zero-order valence-corrected chi connectivity index (χ0v) is 23.4. The van der Waals surface area contributed by atoms with Crippen molar-refractivity contribution in [1.29, 1.82) is 0 Å². The average Bonchev–Trinajstić information content (AvgIpc) is 3.40. The monoisotopic (exact) mass is 501 g/mol. The summed E-state index contributed by atoms with van der Waals surface area (Å²) >= 11 is 0. The van der Waals surface area contributed by atoms with E-state index in [4.69, 9.17) is 13.8 Å². The first-order valence-corrected chi connectivity index (χ1v) is 13.6. The van der Waals surface area contributed by atoms with Crippen LogP contribution >= 0.6 is 0 Å². The van der Waals surface area contributed by atoms with Crippen molar-refractivity contribution < 1.29 is 8.83 Å². The molecule has 3 heteroatoms. The van der Waals surface area contributed by atoms with Gasteiger partial charge in [0.2, 0.25) is 0 Å². The van der Waals surface area contributed by atoms with Crippen LogP contribution in [0.5, 0.6) is 0 Å². The second-order valence-electron chi connectivity index (χ2n) is 12.1. The standard InChI is InChI=1S/C35H35NO2/c1-20(2)14-27-17-26-16-24(12-13-32(26)38-27)29-19-31(36-33-21(3)22(4)37-34(29)33)25-15-23-10-8-9-11-28(23)30(18-25)35(5,6)7/h8-13,15-20H,14H2,1-7H3. The van der Waals surface area contributed by atoms with Crippen LogP contribution in [0.2, 0.25) is 0 Å². The lowest BCUT2D eigenvalue weighted by Gasteiger charge is -2.23. The number of furan rings is 2. The molecule has 3 aromatic heterocycles. The highest BCUT2D eigenvalue weighted by Gasteiger charge is 2.21. The molecule has 0 amide bonds. The molecule has 3 heterocycles. The Morgan fingerprint density at radius 1 is 0.816 bits per heavy atom. The third-order valence-electron chi connectivity index (χ3n) is 7.56. The number of hydrogen-bond donors (Lipinski definition) is 0. The maximum Gasteiger partial charge on any atom is 0.160 e. The molecule has 3 nitrogen and oxygen atoms in total. The third-order valence-corrected chi connectivity index (χ3v) is 7.56. The van der Waals surface area contributed by atoms with Crippen molar-refractivity contribution in [3.8, 4) is 22.4 Å². The number of benzene rings is 3. The number of rotatable bonds is 4. The molecule has 0 bridgehead atoms. The van der Waals surface area contributed by atoms with E-state index in [1.165, 1.54) is 16.3 Å². The molecule has 0 aliphatic heterocycles. The fourth-order valence-corrected chi connectivity index (χ4v) is 5.50. The molecule has 0 aliphatic rings. The van der Waals surface area contributed by atoms with Crippen LogP contribution in [0.3, 0.4) is 0 Å². The van der Waals surface area contributed by atoms with Gasteiger partial charge in [0.05, 0.1) is 5.69 Å². The fourth-order valence-electron chi connectivity index (χ4n) is 5.50.